The molecule has 1 aliphatic rings. The molecule has 0 atom stereocenters. The van der Waals surface area contributed by atoms with E-state index in [9.17, 15) is 0 Å². The number of ether oxygens (including phenoxy) is 1. The Hall–Kier alpha value is -1.09. The van der Waals surface area contributed by atoms with Crippen LogP contribution in [0.3, 0.4) is 0 Å². The van der Waals surface area contributed by atoms with Crippen molar-refractivity contribution < 1.29 is 4.74 Å². The lowest BCUT2D eigenvalue weighted by atomic mass is 10.2. The molecule has 1 fully saturated rings. The minimum Gasteiger partial charge on any atom is -0.474 e. The molecule has 1 aliphatic carbocycles. The van der Waals surface area contributed by atoms with Gasteiger partial charge >= 0.3 is 0 Å². The van der Waals surface area contributed by atoms with Gasteiger partial charge in [0.05, 0.1) is 0 Å². The lowest BCUT2D eigenvalue weighted by Crippen LogP contribution is -2.19. The Morgan fingerprint density at radius 2 is 2.11 bits per heavy atom. The Balaban J connectivity index is 1.77. The molecule has 0 bridgehead atoms. The second-order valence-corrected chi connectivity index (χ2v) is 5.55. The maximum atomic E-state index is 5.84. The molecule has 0 saturated heterocycles. The van der Waals surface area contributed by atoms with Crippen LogP contribution in [0.1, 0.15) is 45.1 Å². The Bertz CT molecular complexity index is 342. The van der Waals surface area contributed by atoms with Crippen LogP contribution in [0, 0.1) is 5.92 Å². The van der Waals surface area contributed by atoms with Crippen molar-refractivity contribution in [3.8, 4) is 5.88 Å². The Labute approximate surface area is 110 Å². The maximum Gasteiger partial charge on any atom is 0.213 e. The third-order valence-corrected chi connectivity index (χ3v) is 3.27. The van der Waals surface area contributed by atoms with Crippen LogP contribution < -0.4 is 10.1 Å². The van der Waals surface area contributed by atoms with Crippen molar-refractivity contribution in [3.05, 3.63) is 23.9 Å². The van der Waals surface area contributed by atoms with Crippen LogP contribution in [0.25, 0.3) is 0 Å². The summed E-state index contributed by atoms with van der Waals surface area (Å²) in [6, 6.07) is 4.09. The lowest BCUT2D eigenvalue weighted by molar-refractivity contribution is 0.201. The Morgan fingerprint density at radius 1 is 1.33 bits per heavy atom. The third kappa shape index (κ3) is 4.30. The molecular weight excluding hydrogens is 224 g/mol. The molecule has 1 aromatic heterocycles. The van der Waals surface area contributed by atoms with E-state index in [4.69, 9.17) is 4.74 Å². The van der Waals surface area contributed by atoms with E-state index in [-0.39, 0.29) is 0 Å². The number of hydrogen-bond donors (Lipinski definition) is 1. The average Bonchev–Trinajstić information content (AvgIpc) is 2.84. The summed E-state index contributed by atoms with van der Waals surface area (Å²) in [5, 5.41) is 3.41. The molecule has 0 spiro atoms. The van der Waals surface area contributed by atoms with Gasteiger partial charge in [0.25, 0.3) is 0 Å². The van der Waals surface area contributed by atoms with E-state index in [1.54, 1.807) is 0 Å². The normalized spacial score (nSPS) is 16.4. The highest BCUT2D eigenvalue weighted by molar-refractivity contribution is 5.18. The average molecular weight is 248 g/mol. The highest BCUT2D eigenvalue weighted by Gasteiger charge is 2.16. The van der Waals surface area contributed by atoms with E-state index >= 15 is 0 Å². The zero-order valence-corrected chi connectivity index (χ0v) is 11.5. The summed E-state index contributed by atoms with van der Waals surface area (Å²) in [5.41, 5.74) is 1.22. The molecule has 0 amide bonds. The number of nitrogens with zero attached hydrogens (tertiary/aromatic N) is 1. The predicted molar refractivity (Wildman–Crippen MR) is 73.7 cm³/mol. The molecule has 1 N–H and O–H groups in total. The largest absolute Gasteiger partial charge is 0.474 e. The molecule has 0 aromatic carbocycles. The Kier molecular flexibility index (Phi) is 5.00. The smallest absolute Gasteiger partial charge is 0.213 e. The first-order valence-corrected chi connectivity index (χ1v) is 7.06. The maximum absolute atomic E-state index is 5.84. The number of hydrogen-bond acceptors (Lipinski definition) is 3. The molecule has 100 valence electrons. The number of nitrogens with one attached hydrogen (secondary N) is 1. The fourth-order valence-electron chi connectivity index (χ4n) is 2.27. The number of pyridine rings is 1. The summed E-state index contributed by atoms with van der Waals surface area (Å²) in [7, 11) is 0. The quantitative estimate of drug-likeness (QED) is 0.839. The summed E-state index contributed by atoms with van der Waals surface area (Å²) in [4.78, 5) is 4.38. The summed E-state index contributed by atoms with van der Waals surface area (Å²) in [6.07, 6.45) is 7.25. The first kappa shape index (κ1) is 13.3. The van der Waals surface area contributed by atoms with Gasteiger partial charge in [0.15, 0.2) is 0 Å². The summed E-state index contributed by atoms with van der Waals surface area (Å²) in [6.45, 7) is 6.35. The van der Waals surface area contributed by atoms with E-state index in [1.165, 1.54) is 31.2 Å². The number of rotatable bonds is 6. The van der Waals surface area contributed by atoms with Gasteiger partial charge in [-0.1, -0.05) is 19.9 Å². The van der Waals surface area contributed by atoms with Gasteiger partial charge in [0.1, 0.15) is 6.10 Å². The topological polar surface area (TPSA) is 34.1 Å². The van der Waals surface area contributed by atoms with Gasteiger partial charge in [-0.15, -0.1) is 0 Å². The molecule has 1 saturated carbocycles. The minimum absolute atomic E-state index is 0.391. The molecule has 3 heteroatoms. The van der Waals surface area contributed by atoms with Crippen molar-refractivity contribution in [1.82, 2.24) is 10.3 Å². The number of aromatic nitrogens is 1. The zero-order valence-electron chi connectivity index (χ0n) is 11.5. The van der Waals surface area contributed by atoms with Gasteiger partial charge in [-0.25, -0.2) is 4.98 Å². The summed E-state index contributed by atoms with van der Waals surface area (Å²) >= 11 is 0. The third-order valence-electron chi connectivity index (χ3n) is 3.27. The molecule has 2 rings (SSSR count). The standard InChI is InChI=1S/C15H24N2O/c1-12(2)9-16-10-13-7-8-15(17-11-13)18-14-5-3-4-6-14/h7-8,11-12,14,16H,3-6,9-10H2,1-2H3. The van der Waals surface area contributed by atoms with E-state index in [2.05, 4.69) is 30.2 Å². The molecule has 3 nitrogen and oxygen atoms in total. The molecule has 1 heterocycles. The monoisotopic (exact) mass is 248 g/mol. The molecule has 18 heavy (non-hydrogen) atoms. The van der Waals surface area contributed by atoms with Crippen LogP contribution >= 0.6 is 0 Å². The second kappa shape index (κ2) is 6.74. The van der Waals surface area contributed by atoms with Crippen molar-refractivity contribution in [2.75, 3.05) is 6.54 Å². The van der Waals surface area contributed by atoms with Crippen LogP contribution in [0.2, 0.25) is 0 Å². The second-order valence-electron chi connectivity index (χ2n) is 5.55. The van der Waals surface area contributed by atoms with Gasteiger partial charge in [-0.05, 0) is 43.7 Å². The predicted octanol–water partition coefficient (Wildman–Crippen LogP) is 3.15. The highest BCUT2D eigenvalue weighted by Crippen LogP contribution is 2.22. The van der Waals surface area contributed by atoms with Gasteiger partial charge in [-0.3, -0.25) is 0 Å². The van der Waals surface area contributed by atoms with Crippen molar-refractivity contribution in [3.63, 3.8) is 0 Å². The minimum atomic E-state index is 0.391. The van der Waals surface area contributed by atoms with Crippen molar-refractivity contribution in [2.24, 2.45) is 5.92 Å². The van der Waals surface area contributed by atoms with E-state index < -0.39 is 0 Å². The van der Waals surface area contributed by atoms with Crippen LogP contribution in [-0.4, -0.2) is 17.6 Å². The first-order chi connectivity index (χ1) is 8.74. The van der Waals surface area contributed by atoms with Gasteiger partial charge in [0, 0.05) is 18.8 Å². The van der Waals surface area contributed by atoms with E-state index in [1.807, 2.05) is 12.3 Å². The van der Waals surface area contributed by atoms with Gasteiger partial charge in [-0.2, -0.15) is 0 Å². The SMILES string of the molecule is CC(C)CNCc1ccc(OC2CCCC2)nc1. The van der Waals surface area contributed by atoms with Crippen LogP contribution in [0.5, 0.6) is 5.88 Å². The highest BCUT2D eigenvalue weighted by atomic mass is 16.5. The molecule has 0 radical (unpaired) electrons. The van der Waals surface area contributed by atoms with Crippen molar-refractivity contribution in [2.45, 2.75) is 52.2 Å². The molecular formula is C15H24N2O. The Morgan fingerprint density at radius 3 is 2.72 bits per heavy atom. The first-order valence-electron chi connectivity index (χ1n) is 7.06. The lowest BCUT2D eigenvalue weighted by Gasteiger charge is -2.12. The van der Waals surface area contributed by atoms with Gasteiger partial charge < -0.3 is 10.1 Å². The zero-order chi connectivity index (χ0) is 12.8. The molecule has 0 unspecified atom stereocenters. The summed E-state index contributed by atoms with van der Waals surface area (Å²) < 4.78 is 5.84. The molecule has 0 aliphatic heterocycles. The van der Waals surface area contributed by atoms with E-state index in [0.717, 1.165) is 19.0 Å². The van der Waals surface area contributed by atoms with Gasteiger partial charge in [0.2, 0.25) is 5.88 Å². The van der Waals surface area contributed by atoms with Crippen LogP contribution in [0.4, 0.5) is 0 Å². The van der Waals surface area contributed by atoms with Crippen LogP contribution in [-0.2, 0) is 6.54 Å². The van der Waals surface area contributed by atoms with Crippen LogP contribution in [0.15, 0.2) is 18.3 Å². The molecule has 1 aromatic rings. The fraction of sp³-hybridized carbons (Fsp3) is 0.667. The van der Waals surface area contributed by atoms with Crippen molar-refractivity contribution >= 4 is 0 Å². The van der Waals surface area contributed by atoms with Crippen molar-refractivity contribution in [1.29, 1.82) is 0 Å². The summed E-state index contributed by atoms with van der Waals surface area (Å²) in [5.74, 6) is 1.46. The fourth-order valence-corrected chi connectivity index (χ4v) is 2.27. The van der Waals surface area contributed by atoms with E-state index in [0.29, 0.717) is 12.0 Å².